The fourth-order valence-corrected chi connectivity index (χ4v) is 3.46. The molecule has 1 aliphatic carbocycles. The third kappa shape index (κ3) is 4.45. The van der Waals surface area contributed by atoms with Gasteiger partial charge >= 0.3 is 0 Å². The Labute approximate surface area is 163 Å². The summed E-state index contributed by atoms with van der Waals surface area (Å²) in [6.07, 6.45) is 4.93. The molecule has 3 aromatic heterocycles. The number of nitrogens with zero attached hydrogens (tertiary/aromatic N) is 2. The number of primary amides is 1. The van der Waals surface area contributed by atoms with Gasteiger partial charge in [-0.1, -0.05) is 26.8 Å². The minimum atomic E-state index is -0.437. The van der Waals surface area contributed by atoms with Gasteiger partial charge in [0.25, 0.3) is 5.91 Å². The van der Waals surface area contributed by atoms with Crippen LogP contribution in [0.15, 0.2) is 36.5 Å². The van der Waals surface area contributed by atoms with Gasteiger partial charge in [-0.25, -0.2) is 4.98 Å². The largest absolute Gasteiger partial charge is 0.384 e. The molecule has 0 bridgehead atoms. The van der Waals surface area contributed by atoms with Gasteiger partial charge in [0, 0.05) is 16.2 Å². The number of carbonyl (C=O) groups is 1. The zero-order chi connectivity index (χ0) is 19.6. The van der Waals surface area contributed by atoms with Gasteiger partial charge in [-0.05, 0) is 60.4 Å². The molecule has 6 nitrogen and oxygen atoms in total. The van der Waals surface area contributed by atoms with Gasteiger partial charge in [0.2, 0.25) is 0 Å². The summed E-state index contributed by atoms with van der Waals surface area (Å²) in [4.78, 5) is 22.8. The molecule has 5 N–H and O–H groups in total. The molecule has 0 aliphatic heterocycles. The number of aryl methyl sites for hydroxylation is 1. The lowest BCUT2D eigenvalue weighted by molar-refractivity contribution is 0.0996. The van der Waals surface area contributed by atoms with Crippen molar-refractivity contribution >= 4 is 22.8 Å². The maximum absolute atomic E-state index is 11.2. The first-order chi connectivity index (χ1) is 12.7. The lowest BCUT2D eigenvalue weighted by Crippen LogP contribution is -2.27. The van der Waals surface area contributed by atoms with Crippen LogP contribution in [0.3, 0.4) is 0 Å². The van der Waals surface area contributed by atoms with Crippen LogP contribution in [-0.4, -0.2) is 20.9 Å². The van der Waals surface area contributed by atoms with Crippen LogP contribution in [0.2, 0.25) is 0 Å². The zero-order valence-corrected chi connectivity index (χ0v) is 16.1. The van der Waals surface area contributed by atoms with Gasteiger partial charge < -0.3 is 16.5 Å². The number of nitrogen functional groups attached to an aromatic ring is 1. The van der Waals surface area contributed by atoms with Gasteiger partial charge in [-0.15, -0.1) is 0 Å². The van der Waals surface area contributed by atoms with Crippen molar-refractivity contribution in [2.24, 2.45) is 17.1 Å². The number of fused-ring (bicyclic) bond motifs is 2. The lowest BCUT2D eigenvalue weighted by Gasteiger charge is -2.34. The van der Waals surface area contributed by atoms with Gasteiger partial charge in [0.15, 0.2) is 0 Å². The fourth-order valence-electron chi connectivity index (χ4n) is 3.46. The highest BCUT2D eigenvalue weighted by Crippen LogP contribution is 2.37. The Morgan fingerprint density at radius 3 is 2.63 bits per heavy atom. The van der Waals surface area contributed by atoms with Crippen LogP contribution in [0.5, 0.6) is 0 Å². The SMILES string of the molecule is CC(C)(C)C1CCc2nc3cc(C(N)=O)[nH]c3cc2C1.Nc1ccccn1.[HH].[HH].[HH]. The van der Waals surface area contributed by atoms with E-state index in [1.165, 1.54) is 17.7 Å². The highest BCUT2D eigenvalue weighted by molar-refractivity contribution is 5.96. The Morgan fingerprint density at radius 1 is 1.30 bits per heavy atom. The van der Waals surface area contributed by atoms with E-state index in [1.54, 1.807) is 18.3 Å². The molecule has 6 heteroatoms. The quantitative estimate of drug-likeness (QED) is 0.595. The summed E-state index contributed by atoms with van der Waals surface area (Å²) in [5.74, 6) is 0.816. The van der Waals surface area contributed by atoms with E-state index in [0.717, 1.165) is 23.9 Å². The number of pyridine rings is 2. The van der Waals surface area contributed by atoms with Gasteiger partial charge in [0.1, 0.15) is 11.5 Å². The average Bonchev–Trinajstić information content (AvgIpc) is 3.03. The van der Waals surface area contributed by atoms with Gasteiger partial charge in [-0.2, -0.15) is 0 Å². The van der Waals surface area contributed by atoms with E-state index in [4.69, 9.17) is 16.5 Å². The first-order valence-corrected chi connectivity index (χ1v) is 9.22. The van der Waals surface area contributed by atoms with E-state index in [1.807, 2.05) is 12.1 Å². The summed E-state index contributed by atoms with van der Waals surface area (Å²) >= 11 is 0. The maximum atomic E-state index is 11.2. The van der Waals surface area contributed by atoms with Crippen LogP contribution in [0.4, 0.5) is 5.82 Å². The Balaban J connectivity index is 0.000000726. The van der Waals surface area contributed by atoms with Crippen molar-refractivity contribution in [3.05, 3.63) is 53.5 Å². The lowest BCUT2D eigenvalue weighted by atomic mass is 9.71. The van der Waals surface area contributed by atoms with Crippen molar-refractivity contribution in [1.82, 2.24) is 15.0 Å². The molecule has 1 unspecified atom stereocenters. The molecular weight excluding hydrogens is 338 g/mol. The molecule has 0 saturated heterocycles. The molecule has 0 saturated carbocycles. The third-order valence-electron chi connectivity index (χ3n) is 5.14. The van der Waals surface area contributed by atoms with Crippen LogP contribution >= 0.6 is 0 Å². The average molecular weight is 372 g/mol. The van der Waals surface area contributed by atoms with Gasteiger partial charge in [-0.3, -0.25) is 9.78 Å². The molecule has 0 fully saturated rings. The Hall–Kier alpha value is -2.89. The second kappa shape index (κ2) is 7.39. The van der Waals surface area contributed by atoms with Crippen molar-refractivity contribution in [1.29, 1.82) is 0 Å². The molecule has 3 heterocycles. The van der Waals surface area contributed by atoms with Crippen LogP contribution in [0.25, 0.3) is 11.0 Å². The van der Waals surface area contributed by atoms with Crippen molar-refractivity contribution in [2.75, 3.05) is 5.73 Å². The fraction of sp³-hybridized carbons (Fsp3) is 0.381. The first-order valence-electron chi connectivity index (χ1n) is 9.22. The normalized spacial score (nSPS) is 16.3. The van der Waals surface area contributed by atoms with Crippen LogP contribution < -0.4 is 11.5 Å². The number of carbonyl (C=O) groups excluding carboxylic acids is 1. The monoisotopic (exact) mass is 371 g/mol. The minimum Gasteiger partial charge on any atom is -0.384 e. The molecule has 148 valence electrons. The van der Waals surface area contributed by atoms with E-state index in [-0.39, 0.29) is 4.28 Å². The number of hydrogen-bond donors (Lipinski definition) is 3. The molecule has 1 amide bonds. The van der Waals surface area contributed by atoms with Crippen LogP contribution in [-0.2, 0) is 12.8 Å². The molecule has 0 aromatic carbocycles. The maximum Gasteiger partial charge on any atom is 0.265 e. The number of aromatic amines is 1. The van der Waals surface area contributed by atoms with Crippen molar-refractivity contribution in [3.63, 3.8) is 0 Å². The van der Waals surface area contributed by atoms with Crippen molar-refractivity contribution in [2.45, 2.75) is 40.0 Å². The predicted molar refractivity (Wildman–Crippen MR) is 115 cm³/mol. The summed E-state index contributed by atoms with van der Waals surface area (Å²) < 4.78 is 0. The second-order valence-corrected chi connectivity index (χ2v) is 8.13. The zero-order valence-electron chi connectivity index (χ0n) is 16.1. The number of nitrogens with two attached hydrogens (primary N) is 2. The van der Waals surface area contributed by atoms with Crippen LogP contribution in [0.1, 0.15) is 53.2 Å². The first kappa shape index (κ1) is 18.9. The smallest absolute Gasteiger partial charge is 0.265 e. The second-order valence-electron chi connectivity index (χ2n) is 8.13. The molecule has 4 rings (SSSR count). The van der Waals surface area contributed by atoms with E-state index < -0.39 is 5.91 Å². The van der Waals surface area contributed by atoms with Crippen molar-refractivity contribution < 1.29 is 9.07 Å². The molecule has 1 atom stereocenters. The Bertz CT molecular complexity index is 954. The van der Waals surface area contributed by atoms with Gasteiger partial charge in [0.05, 0.1) is 11.0 Å². The summed E-state index contributed by atoms with van der Waals surface area (Å²) in [5, 5.41) is 0. The molecule has 0 radical (unpaired) electrons. The van der Waals surface area contributed by atoms with Crippen LogP contribution in [0, 0.1) is 11.3 Å². The number of aromatic nitrogens is 3. The molecule has 0 spiro atoms. The van der Waals surface area contributed by atoms with E-state index in [9.17, 15) is 4.79 Å². The number of hydrogen-bond acceptors (Lipinski definition) is 4. The highest BCUT2D eigenvalue weighted by atomic mass is 16.1. The predicted octanol–water partition coefficient (Wildman–Crippen LogP) is 4.21. The molecule has 27 heavy (non-hydrogen) atoms. The minimum absolute atomic E-state index is 0. The Kier molecular flexibility index (Phi) is 5.17. The Morgan fingerprint density at radius 2 is 2.07 bits per heavy atom. The summed E-state index contributed by atoms with van der Waals surface area (Å²) in [5.41, 5.74) is 15.5. The molecular formula is C21H33N5O. The number of H-pyrrole nitrogens is 1. The number of anilines is 1. The number of nitrogens with one attached hydrogen (secondary N) is 1. The molecule has 1 aliphatic rings. The summed E-state index contributed by atoms with van der Waals surface area (Å²) in [6.45, 7) is 6.90. The standard InChI is InChI=1S/C16H21N3O.C5H6N2.3H2/c1-16(2,3)10-4-5-11-9(6-10)7-12-13(18-11)8-14(19-12)15(17)20;6-5-3-1-2-4-7-5;;;/h7-8,10,19H,4-6H2,1-3H3,(H2,17,20);1-4H,(H2,6,7);3*1H. The van der Waals surface area contributed by atoms with E-state index in [2.05, 4.69) is 36.8 Å². The number of rotatable bonds is 1. The number of amides is 1. The molecule has 3 aromatic rings. The van der Waals surface area contributed by atoms with E-state index >= 15 is 0 Å². The summed E-state index contributed by atoms with van der Waals surface area (Å²) in [6, 6.07) is 9.31. The van der Waals surface area contributed by atoms with E-state index in [0.29, 0.717) is 22.8 Å². The topological polar surface area (TPSA) is 111 Å². The third-order valence-corrected chi connectivity index (χ3v) is 5.14. The summed E-state index contributed by atoms with van der Waals surface area (Å²) in [7, 11) is 0. The highest BCUT2D eigenvalue weighted by Gasteiger charge is 2.29. The van der Waals surface area contributed by atoms with Crippen molar-refractivity contribution in [3.8, 4) is 0 Å².